The Morgan fingerprint density at radius 1 is 1.10 bits per heavy atom. The molecule has 0 aliphatic heterocycles. The second kappa shape index (κ2) is 8.09. The monoisotopic (exact) mass is 406 g/mol. The average Bonchev–Trinajstić information content (AvgIpc) is 3.06. The predicted molar refractivity (Wildman–Crippen MR) is 118 cm³/mol. The second-order valence-electron chi connectivity index (χ2n) is 6.74. The molecular formula is C23H22N2O3S. The van der Waals surface area contributed by atoms with Gasteiger partial charge in [0.25, 0.3) is 5.91 Å². The lowest BCUT2D eigenvalue weighted by molar-refractivity contribution is 0.0955. The second-order valence-corrected chi connectivity index (χ2v) is 8.00. The summed E-state index contributed by atoms with van der Waals surface area (Å²) < 4.78 is 12.5. The number of nitrogens with zero attached hydrogens (tertiary/aromatic N) is 1. The Bertz CT molecular complexity index is 1200. The maximum Gasteiger partial charge on any atom is 0.253 e. The summed E-state index contributed by atoms with van der Waals surface area (Å²) in [5.41, 5.74) is 1.57. The average molecular weight is 407 g/mol. The first kappa shape index (κ1) is 19.2. The van der Waals surface area contributed by atoms with E-state index >= 15 is 0 Å². The third kappa shape index (κ3) is 3.76. The van der Waals surface area contributed by atoms with Crippen LogP contribution >= 0.6 is 11.3 Å². The van der Waals surface area contributed by atoms with Crippen molar-refractivity contribution < 1.29 is 14.3 Å². The summed E-state index contributed by atoms with van der Waals surface area (Å²) in [4.78, 5) is 17.9. The summed E-state index contributed by atoms with van der Waals surface area (Å²) in [6.07, 6.45) is 2.64. The summed E-state index contributed by atoms with van der Waals surface area (Å²) in [6.45, 7) is 4.70. The standard InChI is InChI=1S/C23H22N2O3S/c1-4-10-25-23(26)22-14(2)29-21-13-16(6-8-18(21)22)28-20-9-11-24-19-12-15(27-3)5-7-17(19)20/h5-9,11-13H,4,10H2,1-3H3,(H,25,26). The molecule has 6 heteroatoms. The van der Waals surface area contributed by atoms with Crippen LogP contribution in [0.25, 0.3) is 21.0 Å². The Balaban J connectivity index is 1.68. The number of amides is 1. The smallest absolute Gasteiger partial charge is 0.253 e. The van der Waals surface area contributed by atoms with Crippen LogP contribution < -0.4 is 14.8 Å². The van der Waals surface area contributed by atoms with E-state index in [0.29, 0.717) is 6.54 Å². The number of rotatable bonds is 6. The number of thiophene rings is 1. The van der Waals surface area contributed by atoms with Crippen LogP contribution in [0.3, 0.4) is 0 Å². The van der Waals surface area contributed by atoms with Crippen molar-refractivity contribution >= 4 is 38.2 Å². The van der Waals surface area contributed by atoms with Crippen molar-refractivity contribution in [3.05, 3.63) is 59.1 Å². The van der Waals surface area contributed by atoms with Gasteiger partial charge >= 0.3 is 0 Å². The van der Waals surface area contributed by atoms with Crippen LogP contribution in [0, 0.1) is 6.92 Å². The number of nitrogens with one attached hydrogen (secondary N) is 1. The van der Waals surface area contributed by atoms with Gasteiger partial charge in [0, 0.05) is 39.2 Å². The molecule has 0 spiro atoms. The zero-order chi connectivity index (χ0) is 20.4. The number of aromatic nitrogens is 1. The van der Waals surface area contributed by atoms with Crippen LogP contribution in [0.2, 0.25) is 0 Å². The van der Waals surface area contributed by atoms with Crippen molar-refractivity contribution in [3.8, 4) is 17.2 Å². The van der Waals surface area contributed by atoms with Crippen molar-refractivity contribution in [1.82, 2.24) is 10.3 Å². The summed E-state index contributed by atoms with van der Waals surface area (Å²) in [7, 11) is 1.64. The summed E-state index contributed by atoms with van der Waals surface area (Å²) in [5, 5.41) is 4.84. The van der Waals surface area contributed by atoms with Crippen LogP contribution in [0.5, 0.6) is 17.2 Å². The topological polar surface area (TPSA) is 60.5 Å². The predicted octanol–water partition coefficient (Wildman–Crippen LogP) is 5.70. The number of ether oxygens (including phenoxy) is 2. The molecule has 148 valence electrons. The number of benzene rings is 2. The molecule has 0 bridgehead atoms. The van der Waals surface area contributed by atoms with Gasteiger partial charge in [-0.2, -0.15) is 0 Å². The molecule has 0 fully saturated rings. The molecule has 4 aromatic rings. The van der Waals surface area contributed by atoms with E-state index in [4.69, 9.17) is 9.47 Å². The fourth-order valence-corrected chi connectivity index (χ4v) is 4.41. The third-order valence-corrected chi connectivity index (χ3v) is 5.81. The SMILES string of the molecule is CCCNC(=O)c1c(C)sc2cc(Oc3ccnc4cc(OC)ccc34)ccc12. The van der Waals surface area contributed by atoms with Gasteiger partial charge in [0.05, 0.1) is 18.2 Å². The minimum atomic E-state index is -0.0154. The number of carbonyl (C=O) groups is 1. The summed E-state index contributed by atoms with van der Waals surface area (Å²) >= 11 is 1.60. The molecule has 5 nitrogen and oxygen atoms in total. The molecule has 2 heterocycles. The van der Waals surface area contributed by atoms with Crippen LogP contribution in [0.15, 0.2) is 48.7 Å². The zero-order valence-corrected chi connectivity index (χ0v) is 17.4. The third-order valence-electron chi connectivity index (χ3n) is 4.74. The molecule has 2 aromatic heterocycles. The maximum absolute atomic E-state index is 12.5. The van der Waals surface area contributed by atoms with Gasteiger partial charge in [-0.3, -0.25) is 9.78 Å². The van der Waals surface area contributed by atoms with Crippen molar-refractivity contribution in [1.29, 1.82) is 0 Å². The number of hydrogen-bond donors (Lipinski definition) is 1. The molecule has 0 radical (unpaired) electrons. The Hall–Kier alpha value is -3.12. The molecule has 0 aliphatic rings. The van der Waals surface area contributed by atoms with Crippen molar-refractivity contribution in [2.45, 2.75) is 20.3 Å². The first-order valence-corrected chi connectivity index (χ1v) is 10.3. The van der Waals surface area contributed by atoms with Crippen molar-refractivity contribution in [2.24, 2.45) is 0 Å². The van der Waals surface area contributed by atoms with E-state index < -0.39 is 0 Å². The van der Waals surface area contributed by atoms with Gasteiger partial charge < -0.3 is 14.8 Å². The number of hydrogen-bond acceptors (Lipinski definition) is 5. The number of pyridine rings is 1. The lowest BCUT2D eigenvalue weighted by atomic mass is 10.1. The quantitative estimate of drug-likeness (QED) is 0.446. The highest BCUT2D eigenvalue weighted by Gasteiger charge is 2.17. The van der Waals surface area contributed by atoms with E-state index in [1.54, 1.807) is 24.6 Å². The molecular weight excluding hydrogens is 384 g/mol. The normalized spacial score (nSPS) is 11.0. The lowest BCUT2D eigenvalue weighted by Crippen LogP contribution is -2.24. The van der Waals surface area contributed by atoms with E-state index in [1.807, 2.05) is 56.3 Å². The van der Waals surface area contributed by atoms with E-state index in [-0.39, 0.29) is 5.91 Å². The number of aryl methyl sites for hydroxylation is 1. The van der Waals surface area contributed by atoms with Gasteiger partial charge in [-0.25, -0.2) is 0 Å². The Morgan fingerprint density at radius 2 is 1.90 bits per heavy atom. The van der Waals surface area contributed by atoms with Gasteiger partial charge in [-0.1, -0.05) is 6.92 Å². The highest BCUT2D eigenvalue weighted by molar-refractivity contribution is 7.19. The van der Waals surface area contributed by atoms with Crippen molar-refractivity contribution in [2.75, 3.05) is 13.7 Å². The van der Waals surface area contributed by atoms with Gasteiger partial charge in [-0.05, 0) is 49.7 Å². The molecule has 29 heavy (non-hydrogen) atoms. The van der Waals surface area contributed by atoms with Crippen LogP contribution in [0.4, 0.5) is 0 Å². The lowest BCUT2D eigenvalue weighted by Gasteiger charge is -2.10. The van der Waals surface area contributed by atoms with E-state index in [9.17, 15) is 4.79 Å². The first-order chi connectivity index (χ1) is 14.1. The van der Waals surface area contributed by atoms with Crippen LogP contribution in [-0.4, -0.2) is 24.5 Å². The minimum absolute atomic E-state index is 0.0154. The fourth-order valence-electron chi connectivity index (χ4n) is 3.32. The first-order valence-electron chi connectivity index (χ1n) is 9.52. The molecule has 0 unspecified atom stereocenters. The number of carbonyl (C=O) groups excluding carboxylic acids is 1. The Labute approximate surface area is 173 Å². The number of fused-ring (bicyclic) bond motifs is 2. The van der Waals surface area contributed by atoms with Crippen LogP contribution in [0.1, 0.15) is 28.6 Å². The largest absolute Gasteiger partial charge is 0.497 e. The van der Waals surface area contributed by atoms with Gasteiger partial charge in [0.2, 0.25) is 0 Å². The number of methoxy groups -OCH3 is 1. The molecule has 0 aliphatic carbocycles. The summed E-state index contributed by atoms with van der Waals surface area (Å²) in [6, 6.07) is 13.4. The Morgan fingerprint density at radius 3 is 2.69 bits per heavy atom. The van der Waals surface area contributed by atoms with Gasteiger partial charge in [0.1, 0.15) is 17.2 Å². The highest BCUT2D eigenvalue weighted by Crippen LogP contribution is 2.36. The molecule has 1 amide bonds. The molecule has 0 atom stereocenters. The molecule has 0 saturated carbocycles. The molecule has 2 aromatic carbocycles. The highest BCUT2D eigenvalue weighted by atomic mass is 32.1. The van der Waals surface area contributed by atoms with E-state index in [0.717, 1.165) is 55.1 Å². The van der Waals surface area contributed by atoms with Crippen molar-refractivity contribution in [3.63, 3.8) is 0 Å². The minimum Gasteiger partial charge on any atom is -0.497 e. The van der Waals surface area contributed by atoms with E-state index in [1.165, 1.54) is 0 Å². The van der Waals surface area contributed by atoms with E-state index in [2.05, 4.69) is 10.3 Å². The molecule has 1 N–H and O–H groups in total. The molecule has 0 saturated heterocycles. The van der Waals surface area contributed by atoms with Gasteiger partial charge in [-0.15, -0.1) is 11.3 Å². The summed E-state index contributed by atoms with van der Waals surface area (Å²) in [5.74, 6) is 2.19. The van der Waals surface area contributed by atoms with Gasteiger partial charge in [0.15, 0.2) is 0 Å². The molecule has 4 rings (SSSR count). The Kier molecular flexibility index (Phi) is 5.36. The zero-order valence-electron chi connectivity index (χ0n) is 16.6. The maximum atomic E-state index is 12.5. The fraction of sp³-hybridized carbons (Fsp3) is 0.217. The van der Waals surface area contributed by atoms with Crippen LogP contribution in [-0.2, 0) is 0 Å².